The van der Waals surface area contributed by atoms with Gasteiger partial charge in [0.25, 0.3) is 0 Å². The summed E-state index contributed by atoms with van der Waals surface area (Å²) in [7, 11) is -8.26. The summed E-state index contributed by atoms with van der Waals surface area (Å²) >= 11 is 0. The van der Waals surface area contributed by atoms with Crippen LogP contribution in [0.1, 0.15) is 51.2 Å². The van der Waals surface area contributed by atoms with E-state index in [0.29, 0.717) is 18.6 Å². The van der Waals surface area contributed by atoms with Crippen LogP contribution < -0.4 is 14.6 Å². The molecule has 8 atom stereocenters. The summed E-state index contributed by atoms with van der Waals surface area (Å²) in [6.45, 7) is 7.04. The summed E-state index contributed by atoms with van der Waals surface area (Å²) in [5, 5.41) is 14.3. The number of benzene rings is 3. The van der Waals surface area contributed by atoms with Gasteiger partial charge in [-0.3, -0.25) is 4.52 Å². The normalized spacial score (nSPS) is 24.2. The molecule has 56 heavy (non-hydrogen) atoms. The lowest BCUT2D eigenvalue weighted by molar-refractivity contribution is -0.155. The lowest BCUT2D eigenvalue weighted by Gasteiger charge is -2.35. The molecule has 0 saturated carbocycles. The molecule has 6 rings (SSSR count). The topological polar surface area (TPSA) is 185 Å². The maximum absolute atomic E-state index is 14.0. The van der Waals surface area contributed by atoms with E-state index in [2.05, 4.69) is 5.32 Å². The molecule has 0 aromatic heterocycles. The van der Waals surface area contributed by atoms with Gasteiger partial charge >= 0.3 is 19.7 Å². The number of hydrogen-bond acceptors (Lipinski definition) is 13. The van der Waals surface area contributed by atoms with Gasteiger partial charge in [-0.25, -0.2) is 22.6 Å². The van der Waals surface area contributed by atoms with E-state index in [1.807, 2.05) is 37.3 Å². The molecule has 2 N–H and O–H groups in total. The Labute approximate surface area is 327 Å². The molecule has 2 unspecified atom stereocenters. The molecule has 3 aromatic carbocycles. The van der Waals surface area contributed by atoms with E-state index in [1.165, 1.54) is 23.4 Å². The highest BCUT2D eigenvalue weighted by Crippen LogP contribution is 2.50. The Morgan fingerprint density at radius 1 is 1.00 bits per heavy atom. The number of esters is 1. The number of amides is 1. The summed E-state index contributed by atoms with van der Waals surface area (Å²) in [4.78, 5) is 25.7. The van der Waals surface area contributed by atoms with Gasteiger partial charge in [-0.2, -0.15) is 4.31 Å². The van der Waals surface area contributed by atoms with Gasteiger partial charge in [-0.05, 0) is 81.0 Å². The molecule has 0 radical (unpaired) electrons. The minimum absolute atomic E-state index is 0.0161. The molecule has 304 valence electrons. The first-order valence-electron chi connectivity index (χ1n) is 18.6. The van der Waals surface area contributed by atoms with Crippen LogP contribution in [0.15, 0.2) is 83.8 Å². The van der Waals surface area contributed by atoms with Gasteiger partial charge in [-0.15, -0.1) is 0 Å². The fourth-order valence-corrected chi connectivity index (χ4v) is 10.2. The Hall–Kier alpha value is -4.02. The monoisotopic (exact) mass is 816 g/mol. The molecule has 3 aliphatic heterocycles. The maximum Gasteiger partial charge on any atom is 0.417 e. The first-order chi connectivity index (χ1) is 26.7. The molecule has 15 nitrogen and oxygen atoms in total. The summed E-state index contributed by atoms with van der Waals surface area (Å²) in [6.07, 6.45) is -4.30. The number of nitrogens with one attached hydrogen (secondary N) is 1. The van der Waals surface area contributed by atoms with E-state index < -0.39 is 72.8 Å². The van der Waals surface area contributed by atoms with Crippen LogP contribution in [0.25, 0.3) is 0 Å². The first kappa shape index (κ1) is 41.6. The average Bonchev–Trinajstić information content (AvgIpc) is 3.78. The van der Waals surface area contributed by atoms with Crippen molar-refractivity contribution in [3.05, 3.63) is 90.0 Å². The van der Waals surface area contributed by atoms with Crippen molar-refractivity contribution in [1.82, 2.24) is 9.62 Å². The van der Waals surface area contributed by atoms with Gasteiger partial charge in [0.15, 0.2) is 12.4 Å². The Morgan fingerprint density at radius 3 is 2.43 bits per heavy atom. The highest BCUT2D eigenvalue weighted by Gasteiger charge is 2.44. The van der Waals surface area contributed by atoms with Crippen molar-refractivity contribution < 1.29 is 60.4 Å². The van der Waals surface area contributed by atoms with Crippen LogP contribution in [-0.4, -0.2) is 99.3 Å². The van der Waals surface area contributed by atoms with Crippen molar-refractivity contribution in [2.24, 2.45) is 5.92 Å². The number of aliphatic hydroxyl groups is 1. The van der Waals surface area contributed by atoms with Gasteiger partial charge in [0.1, 0.15) is 17.6 Å². The molecular weight excluding hydrogens is 767 g/mol. The number of fused-ring (bicyclic) bond motifs is 2. The van der Waals surface area contributed by atoms with Crippen molar-refractivity contribution >= 4 is 29.7 Å². The second kappa shape index (κ2) is 18.1. The third-order valence-electron chi connectivity index (χ3n) is 9.69. The zero-order valence-electron chi connectivity index (χ0n) is 31.7. The SMILES string of the molecule is CC(C)OC(=O)[C@H](C)OP(=O)(COc1ccc2c(c1)C(C)CN(C[C@@H](O)[C@H](Cc1ccccc1)NC(=O)O[C@H]1CO[C@H]3OCC[C@H]31)S2(=O)=O)Oc1ccccc1. The van der Waals surface area contributed by atoms with E-state index in [1.54, 1.807) is 50.2 Å². The number of aliphatic hydroxyl groups excluding tert-OH is 1. The maximum atomic E-state index is 14.0. The van der Waals surface area contributed by atoms with Crippen molar-refractivity contribution in [2.75, 3.05) is 32.7 Å². The minimum atomic E-state index is -4.14. The van der Waals surface area contributed by atoms with Crippen molar-refractivity contribution in [3.63, 3.8) is 0 Å². The molecule has 2 fully saturated rings. The fraction of sp³-hybridized carbons (Fsp3) is 0.487. The number of para-hydroxylation sites is 1. The number of ether oxygens (including phenoxy) is 5. The van der Waals surface area contributed by atoms with E-state index in [0.717, 1.165) is 5.56 Å². The standard InChI is InChI=1S/C39H49N2O13PS/c1-25(2)51-37(43)27(4)53-55(45,54-29-13-9-6-10-14-29)24-50-30-15-16-36-32(20-30)26(3)21-41(56(36,46)47)22-34(42)33(19-28-11-7-5-8-12-28)40-39(44)52-35-23-49-38-31(35)17-18-48-38/h5-16,20,25-27,31,33-35,38,42H,17-19,21-24H2,1-4H3,(H,40,44)/t26?,27-,31-,33-,34+,35-,38+,55?/m0/s1. The number of carbonyl (C=O) groups is 2. The zero-order valence-corrected chi connectivity index (χ0v) is 33.4. The summed E-state index contributed by atoms with van der Waals surface area (Å²) < 4.78 is 82.5. The molecule has 2 saturated heterocycles. The predicted molar refractivity (Wildman–Crippen MR) is 203 cm³/mol. The van der Waals surface area contributed by atoms with Gasteiger partial charge in [0.05, 0.1) is 42.3 Å². The van der Waals surface area contributed by atoms with Crippen LogP contribution in [0.5, 0.6) is 11.5 Å². The van der Waals surface area contributed by atoms with E-state index >= 15 is 0 Å². The van der Waals surface area contributed by atoms with E-state index in [4.69, 9.17) is 32.7 Å². The second-order valence-electron chi connectivity index (χ2n) is 14.4. The molecule has 3 aromatic rings. The van der Waals surface area contributed by atoms with Crippen molar-refractivity contribution in [2.45, 2.75) is 88.1 Å². The number of alkyl carbamates (subject to hydrolysis) is 1. The van der Waals surface area contributed by atoms with Crippen LogP contribution in [0.3, 0.4) is 0 Å². The molecule has 0 bridgehead atoms. The van der Waals surface area contributed by atoms with Crippen LogP contribution in [0.4, 0.5) is 4.79 Å². The highest BCUT2D eigenvalue weighted by molar-refractivity contribution is 7.89. The minimum Gasteiger partial charge on any atom is -0.480 e. The Kier molecular flexibility index (Phi) is 13.4. The summed E-state index contributed by atoms with van der Waals surface area (Å²) in [5.41, 5.74) is 1.28. The number of sulfonamides is 1. The quantitative estimate of drug-likeness (QED) is 0.142. The molecule has 3 heterocycles. The number of hydrogen-bond donors (Lipinski definition) is 2. The van der Waals surface area contributed by atoms with Crippen molar-refractivity contribution in [1.29, 1.82) is 0 Å². The largest absolute Gasteiger partial charge is 0.480 e. The fourth-order valence-electron chi connectivity index (χ4n) is 6.89. The number of rotatable bonds is 16. The molecule has 1 amide bonds. The van der Waals surface area contributed by atoms with Gasteiger partial charge < -0.3 is 38.6 Å². The average molecular weight is 817 g/mol. The number of nitrogens with zero attached hydrogens (tertiary/aromatic N) is 1. The summed E-state index contributed by atoms with van der Waals surface area (Å²) in [5.74, 6) is -0.721. The Balaban J connectivity index is 1.14. The highest BCUT2D eigenvalue weighted by atomic mass is 32.2. The number of β-amino-alcohol motifs (C(OH)–C–C–N with tert-alkyl or cyclic N) is 1. The predicted octanol–water partition coefficient (Wildman–Crippen LogP) is 5.22. The van der Waals surface area contributed by atoms with Gasteiger partial charge in [0, 0.05) is 13.1 Å². The second-order valence-corrected chi connectivity index (χ2v) is 18.2. The van der Waals surface area contributed by atoms with E-state index in [9.17, 15) is 27.7 Å². The molecule has 3 aliphatic rings. The first-order valence-corrected chi connectivity index (χ1v) is 21.8. The third-order valence-corrected chi connectivity index (χ3v) is 13.2. The summed E-state index contributed by atoms with van der Waals surface area (Å²) in [6, 6.07) is 21.0. The van der Waals surface area contributed by atoms with E-state index in [-0.39, 0.29) is 54.3 Å². The lowest BCUT2D eigenvalue weighted by Crippen LogP contribution is -2.52. The molecule has 0 spiro atoms. The molecular formula is C39H49N2O13PS. The van der Waals surface area contributed by atoms with Gasteiger partial charge in [0.2, 0.25) is 16.4 Å². The molecule has 0 aliphatic carbocycles. The zero-order chi connectivity index (χ0) is 40.0. The Bertz CT molecular complexity index is 1970. The Morgan fingerprint density at radius 2 is 1.71 bits per heavy atom. The number of carbonyl (C=O) groups excluding carboxylic acids is 2. The van der Waals surface area contributed by atoms with Crippen LogP contribution in [-0.2, 0) is 49.3 Å². The van der Waals surface area contributed by atoms with Crippen LogP contribution in [0.2, 0.25) is 0 Å². The lowest BCUT2D eigenvalue weighted by atomic mass is 9.99. The smallest absolute Gasteiger partial charge is 0.417 e. The van der Waals surface area contributed by atoms with Crippen LogP contribution >= 0.6 is 7.60 Å². The van der Waals surface area contributed by atoms with Crippen LogP contribution in [0, 0.1) is 5.92 Å². The third kappa shape index (κ3) is 10.3. The molecule has 17 heteroatoms. The van der Waals surface area contributed by atoms with Crippen molar-refractivity contribution in [3.8, 4) is 11.5 Å². The van der Waals surface area contributed by atoms with Gasteiger partial charge in [-0.1, -0.05) is 55.5 Å².